The third-order valence-electron chi connectivity index (χ3n) is 9.18. The van der Waals surface area contributed by atoms with E-state index in [0.717, 1.165) is 77.4 Å². The summed E-state index contributed by atoms with van der Waals surface area (Å²) in [7, 11) is 0. The van der Waals surface area contributed by atoms with Gasteiger partial charge in [0, 0.05) is 32.5 Å². The van der Waals surface area contributed by atoms with Gasteiger partial charge >= 0.3 is 0 Å². The molecule has 4 atom stereocenters. The highest BCUT2D eigenvalue weighted by Crippen LogP contribution is 2.29. The van der Waals surface area contributed by atoms with Gasteiger partial charge in [-0.1, -0.05) is 99.8 Å². The van der Waals surface area contributed by atoms with Crippen molar-refractivity contribution < 1.29 is 28.5 Å². The van der Waals surface area contributed by atoms with Crippen LogP contribution in [0.1, 0.15) is 177 Å². The molecule has 0 bridgehead atoms. The lowest BCUT2D eigenvalue weighted by Crippen LogP contribution is -2.32. The molecule has 0 aromatic heterocycles. The van der Waals surface area contributed by atoms with Crippen molar-refractivity contribution in [1.29, 1.82) is 0 Å². The van der Waals surface area contributed by atoms with Crippen LogP contribution < -0.4 is 0 Å². The zero-order chi connectivity index (χ0) is 34.5. The Labute approximate surface area is 286 Å². The molecule has 6 heteroatoms. The predicted molar refractivity (Wildman–Crippen MR) is 194 cm³/mol. The van der Waals surface area contributed by atoms with Crippen molar-refractivity contribution in [3.63, 3.8) is 0 Å². The third kappa shape index (κ3) is 27.2. The number of ether oxygens (including phenoxy) is 4. The second-order valence-electron chi connectivity index (χ2n) is 14.8. The molecule has 0 aliphatic rings. The summed E-state index contributed by atoms with van der Waals surface area (Å²) < 4.78 is 24.4. The van der Waals surface area contributed by atoms with Gasteiger partial charge in [-0.15, -0.1) is 0 Å². The molecule has 0 saturated heterocycles. The van der Waals surface area contributed by atoms with Crippen LogP contribution in [-0.4, -0.2) is 63.4 Å². The van der Waals surface area contributed by atoms with Crippen LogP contribution in [0.3, 0.4) is 0 Å². The van der Waals surface area contributed by atoms with Gasteiger partial charge in [0.25, 0.3) is 0 Å². The van der Waals surface area contributed by atoms with Crippen LogP contribution >= 0.6 is 0 Å². The molecule has 0 aliphatic heterocycles. The lowest BCUT2D eigenvalue weighted by Gasteiger charge is -2.31. The molecule has 0 rings (SSSR count). The van der Waals surface area contributed by atoms with Crippen LogP contribution in [0.5, 0.6) is 0 Å². The number of hydrogen-bond acceptors (Lipinski definition) is 6. The second-order valence-corrected chi connectivity index (χ2v) is 14.8. The van der Waals surface area contributed by atoms with Gasteiger partial charge in [-0.05, 0) is 75.5 Å². The van der Waals surface area contributed by atoms with Crippen molar-refractivity contribution in [2.45, 2.75) is 190 Å². The van der Waals surface area contributed by atoms with Crippen molar-refractivity contribution in [2.24, 2.45) is 17.3 Å². The highest BCUT2D eigenvalue weighted by atomic mass is 16.5. The molecule has 46 heavy (non-hydrogen) atoms. The first kappa shape index (κ1) is 45.2. The smallest absolute Gasteiger partial charge is 0.132 e. The van der Waals surface area contributed by atoms with E-state index < -0.39 is 0 Å². The summed E-state index contributed by atoms with van der Waals surface area (Å²) in [6.45, 7) is 21.4. The van der Waals surface area contributed by atoms with Gasteiger partial charge in [-0.25, -0.2) is 0 Å². The Hall–Kier alpha value is -0.820. The fourth-order valence-electron chi connectivity index (χ4n) is 6.44. The maximum Gasteiger partial charge on any atom is 0.132 e. The largest absolute Gasteiger partial charge is 0.379 e. The summed E-state index contributed by atoms with van der Waals surface area (Å²) in [5.74, 6) is 1.58. The molecule has 4 unspecified atom stereocenters. The molecule has 0 aliphatic carbocycles. The molecule has 0 saturated carbocycles. The van der Waals surface area contributed by atoms with Gasteiger partial charge in [0.1, 0.15) is 11.6 Å². The maximum atomic E-state index is 12.4. The number of unbranched alkanes of at least 4 members (excludes halogenated alkanes) is 7. The maximum absolute atomic E-state index is 12.4. The van der Waals surface area contributed by atoms with E-state index in [9.17, 15) is 9.59 Å². The highest BCUT2D eigenvalue weighted by molar-refractivity contribution is 5.78. The lowest BCUT2D eigenvalue weighted by molar-refractivity contribution is -0.120. The highest BCUT2D eigenvalue weighted by Gasteiger charge is 2.26. The molecule has 0 fully saturated rings. The van der Waals surface area contributed by atoms with Crippen molar-refractivity contribution in [3.8, 4) is 0 Å². The molecule has 274 valence electrons. The van der Waals surface area contributed by atoms with Gasteiger partial charge in [0.2, 0.25) is 0 Å². The average molecular weight is 655 g/mol. The molecule has 0 N–H and O–H groups in total. The molecule has 0 aromatic carbocycles. The summed E-state index contributed by atoms with van der Waals surface area (Å²) in [4.78, 5) is 23.8. The van der Waals surface area contributed by atoms with E-state index >= 15 is 0 Å². The zero-order valence-electron chi connectivity index (χ0n) is 31.9. The topological polar surface area (TPSA) is 71.1 Å². The molecule has 0 aromatic rings. The van der Waals surface area contributed by atoms with Crippen molar-refractivity contribution in [2.75, 3.05) is 39.6 Å². The minimum absolute atomic E-state index is 0.0467. The van der Waals surface area contributed by atoms with Crippen LogP contribution in [0.2, 0.25) is 0 Å². The normalized spacial score (nSPS) is 14.7. The number of hydrogen-bond donors (Lipinski definition) is 0. The van der Waals surface area contributed by atoms with Crippen molar-refractivity contribution in [1.82, 2.24) is 0 Å². The van der Waals surface area contributed by atoms with E-state index in [4.69, 9.17) is 18.9 Å². The molecule has 0 spiro atoms. The van der Waals surface area contributed by atoms with Gasteiger partial charge in [-0.3, -0.25) is 4.79 Å². The van der Waals surface area contributed by atoms with E-state index in [1.54, 1.807) is 6.92 Å². The average Bonchev–Trinajstić information content (AvgIpc) is 3.00. The van der Waals surface area contributed by atoms with E-state index in [0.29, 0.717) is 63.3 Å². The molecular formula is C40H78O6. The van der Waals surface area contributed by atoms with E-state index in [2.05, 4.69) is 48.5 Å². The van der Waals surface area contributed by atoms with Crippen molar-refractivity contribution >= 4 is 11.6 Å². The van der Waals surface area contributed by atoms with Crippen LogP contribution in [0.15, 0.2) is 0 Å². The number of carbonyl (C=O) groups excluding carboxylic acids is 2. The molecule has 0 amide bonds. The van der Waals surface area contributed by atoms with Gasteiger partial charge in [0.05, 0.1) is 38.6 Å². The summed E-state index contributed by atoms with van der Waals surface area (Å²) in [5, 5.41) is 0. The fraction of sp³-hybridized carbons (Fsp3) is 0.950. The fourth-order valence-corrected chi connectivity index (χ4v) is 6.44. The number of ketones is 2. The first-order chi connectivity index (χ1) is 22.1. The van der Waals surface area contributed by atoms with Crippen LogP contribution in [0.25, 0.3) is 0 Å². The van der Waals surface area contributed by atoms with E-state index in [1.165, 1.54) is 38.5 Å². The van der Waals surface area contributed by atoms with Gasteiger partial charge in [-0.2, -0.15) is 0 Å². The molecular weight excluding hydrogens is 576 g/mol. The van der Waals surface area contributed by atoms with E-state index in [1.807, 2.05) is 0 Å². The predicted octanol–water partition coefficient (Wildman–Crippen LogP) is 10.7. The lowest BCUT2D eigenvalue weighted by atomic mass is 9.82. The summed E-state index contributed by atoms with van der Waals surface area (Å²) in [6.07, 6.45) is 20.2. The summed E-state index contributed by atoms with van der Waals surface area (Å²) in [6, 6.07) is 0. The first-order valence-corrected chi connectivity index (χ1v) is 19.5. The Bertz CT molecular complexity index is 708. The summed E-state index contributed by atoms with van der Waals surface area (Å²) >= 11 is 0. The Morgan fingerprint density at radius 2 is 1.13 bits per heavy atom. The zero-order valence-corrected chi connectivity index (χ0v) is 31.9. The Morgan fingerprint density at radius 1 is 0.587 bits per heavy atom. The van der Waals surface area contributed by atoms with Crippen LogP contribution in [0.4, 0.5) is 0 Å². The second kappa shape index (κ2) is 30.3. The summed E-state index contributed by atoms with van der Waals surface area (Å²) in [5.41, 5.74) is 0.0467. The monoisotopic (exact) mass is 655 g/mol. The Morgan fingerprint density at radius 3 is 1.72 bits per heavy atom. The standard InChI is InChI=1S/C40H78O6/c1-9-12-16-21-34(4)39(46-31-29-44-27-11-3)32-35(5)38(45-30-28-43-26-10-2)24-18-15-13-14-17-22-37(42)23-19-20-25-40(7,8)33-36(6)41/h34-35,38-39H,9-33H2,1-8H3. The van der Waals surface area contributed by atoms with Crippen LogP contribution in [0, 0.1) is 17.3 Å². The molecule has 0 heterocycles. The third-order valence-corrected chi connectivity index (χ3v) is 9.18. The minimum Gasteiger partial charge on any atom is -0.379 e. The van der Waals surface area contributed by atoms with Crippen LogP contribution in [-0.2, 0) is 28.5 Å². The quantitative estimate of drug-likeness (QED) is 0.0633. The van der Waals surface area contributed by atoms with E-state index in [-0.39, 0.29) is 23.4 Å². The Kier molecular flexibility index (Phi) is 29.7. The molecule has 0 radical (unpaired) electrons. The first-order valence-electron chi connectivity index (χ1n) is 19.5. The Balaban J connectivity index is 4.66. The number of rotatable bonds is 35. The van der Waals surface area contributed by atoms with Gasteiger partial charge in [0.15, 0.2) is 0 Å². The minimum atomic E-state index is 0.0467. The van der Waals surface area contributed by atoms with Crippen molar-refractivity contribution in [3.05, 3.63) is 0 Å². The van der Waals surface area contributed by atoms with Gasteiger partial charge < -0.3 is 23.7 Å². The SMILES string of the molecule is CCCCCC(C)C(CC(C)C(CCCCCCCC(=O)CCCCC(C)(C)CC(C)=O)OCCOCCC)OCCOCCC. The molecule has 6 nitrogen and oxygen atoms in total. The number of carbonyl (C=O) groups is 2. The number of Topliss-reactive ketones (excluding diaryl/α,β-unsaturated/α-hetero) is 2.